The van der Waals surface area contributed by atoms with E-state index in [1.165, 1.54) is 0 Å². The van der Waals surface area contributed by atoms with Crippen molar-refractivity contribution in [3.63, 3.8) is 0 Å². The highest BCUT2D eigenvalue weighted by atomic mass is 32.2. The molecule has 1 aromatic rings. The first-order chi connectivity index (χ1) is 9.34. The van der Waals surface area contributed by atoms with Crippen LogP contribution in [0, 0.1) is 18.8 Å². The summed E-state index contributed by atoms with van der Waals surface area (Å²) in [4.78, 5) is 0.324. The van der Waals surface area contributed by atoms with Crippen molar-refractivity contribution >= 4 is 10.0 Å². The molecule has 0 bridgehead atoms. The second-order valence-corrected chi connectivity index (χ2v) is 7.93. The predicted octanol–water partition coefficient (Wildman–Crippen LogP) is 2.15. The molecule has 1 aliphatic heterocycles. The van der Waals surface area contributed by atoms with E-state index in [2.05, 4.69) is 13.8 Å². The van der Waals surface area contributed by atoms with Gasteiger partial charge in [0.25, 0.3) is 0 Å². The lowest BCUT2D eigenvalue weighted by Gasteiger charge is -2.34. The molecule has 0 saturated carbocycles. The van der Waals surface area contributed by atoms with Crippen molar-refractivity contribution in [3.05, 3.63) is 29.3 Å². The molecular formula is C15H23NO3S. The van der Waals surface area contributed by atoms with Crippen LogP contribution in [0.15, 0.2) is 23.1 Å². The zero-order chi connectivity index (χ0) is 14.9. The third kappa shape index (κ3) is 3.05. The molecule has 1 saturated heterocycles. The maximum Gasteiger partial charge on any atom is 0.243 e. The van der Waals surface area contributed by atoms with Gasteiger partial charge in [-0.15, -0.1) is 0 Å². The van der Waals surface area contributed by atoms with Gasteiger partial charge in [0.05, 0.1) is 11.5 Å². The van der Waals surface area contributed by atoms with E-state index in [1.54, 1.807) is 29.4 Å². The van der Waals surface area contributed by atoms with Crippen LogP contribution in [0.2, 0.25) is 0 Å². The molecule has 0 amide bonds. The van der Waals surface area contributed by atoms with Gasteiger partial charge in [-0.3, -0.25) is 0 Å². The molecular weight excluding hydrogens is 274 g/mol. The smallest absolute Gasteiger partial charge is 0.243 e. The average molecular weight is 297 g/mol. The van der Waals surface area contributed by atoms with E-state index in [-0.39, 0.29) is 6.61 Å². The normalized spacial score (nSPS) is 24.8. The average Bonchev–Trinajstić information content (AvgIpc) is 2.38. The summed E-state index contributed by atoms with van der Waals surface area (Å²) in [7, 11) is -3.47. The summed E-state index contributed by atoms with van der Waals surface area (Å²) in [5.41, 5.74) is 1.36. The molecule has 1 N–H and O–H groups in total. The second-order valence-electron chi connectivity index (χ2n) is 6.03. The van der Waals surface area contributed by atoms with Gasteiger partial charge in [-0.2, -0.15) is 4.31 Å². The Labute approximate surface area is 121 Å². The number of aliphatic hydroxyl groups is 1. The van der Waals surface area contributed by atoms with E-state index >= 15 is 0 Å². The molecule has 0 aliphatic carbocycles. The fourth-order valence-electron chi connectivity index (χ4n) is 2.96. The van der Waals surface area contributed by atoms with Crippen molar-refractivity contribution in [2.75, 3.05) is 13.1 Å². The van der Waals surface area contributed by atoms with Crippen LogP contribution in [0.1, 0.15) is 31.4 Å². The SMILES string of the molecule is Cc1ccc(CO)cc1S(=O)(=O)N1CC(C)CC(C)C1. The van der Waals surface area contributed by atoms with E-state index in [4.69, 9.17) is 0 Å². The molecule has 1 fully saturated rings. The number of nitrogens with zero attached hydrogens (tertiary/aromatic N) is 1. The van der Waals surface area contributed by atoms with Crippen LogP contribution in [-0.2, 0) is 16.6 Å². The third-order valence-corrected chi connectivity index (χ3v) is 5.86. The zero-order valence-corrected chi connectivity index (χ0v) is 13.2. The quantitative estimate of drug-likeness (QED) is 0.930. The lowest BCUT2D eigenvalue weighted by Crippen LogP contribution is -2.42. The standard InChI is InChI=1S/C15H23NO3S/c1-11-6-12(2)9-16(8-11)20(18,19)15-7-14(10-17)5-4-13(15)3/h4-5,7,11-12,17H,6,8-10H2,1-3H3. The third-order valence-electron chi connectivity index (χ3n) is 3.89. The number of sulfonamides is 1. The van der Waals surface area contributed by atoms with Gasteiger partial charge in [0.1, 0.15) is 0 Å². The highest BCUT2D eigenvalue weighted by Crippen LogP contribution is 2.28. The predicted molar refractivity (Wildman–Crippen MR) is 78.8 cm³/mol. The van der Waals surface area contributed by atoms with Gasteiger partial charge in [0.2, 0.25) is 10.0 Å². The molecule has 1 heterocycles. The van der Waals surface area contributed by atoms with Gasteiger partial charge in [-0.05, 0) is 42.4 Å². The molecule has 2 rings (SSSR count). The summed E-state index contributed by atoms with van der Waals surface area (Å²) in [5, 5.41) is 9.20. The van der Waals surface area contributed by atoms with Crippen molar-refractivity contribution in [1.29, 1.82) is 0 Å². The number of hydrogen-bond acceptors (Lipinski definition) is 3. The molecule has 2 atom stereocenters. The Morgan fingerprint density at radius 2 is 1.85 bits per heavy atom. The van der Waals surface area contributed by atoms with Crippen LogP contribution < -0.4 is 0 Å². The minimum Gasteiger partial charge on any atom is -0.392 e. The number of rotatable bonds is 3. The first-order valence-electron chi connectivity index (χ1n) is 7.05. The van der Waals surface area contributed by atoms with Crippen LogP contribution in [0.5, 0.6) is 0 Å². The Morgan fingerprint density at radius 1 is 1.25 bits per heavy atom. The van der Waals surface area contributed by atoms with Gasteiger partial charge < -0.3 is 5.11 Å². The van der Waals surface area contributed by atoms with Gasteiger partial charge >= 0.3 is 0 Å². The summed E-state index contributed by atoms with van der Waals surface area (Å²) in [6.07, 6.45) is 1.07. The fourth-order valence-corrected chi connectivity index (χ4v) is 4.92. The number of aryl methyl sites for hydroxylation is 1. The molecule has 0 spiro atoms. The molecule has 2 unspecified atom stereocenters. The summed E-state index contributed by atoms with van der Waals surface area (Å²) >= 11 is 0. The molecule has 20 heavy (non-hydrogen) atoms. The Hall–Kier alpha value is -0.910. The minimum atomic E-state index is -3.47. The largest absolute Gasteiger partial charge is 0.392 e. The maximum absolute atomic E-state index is 12.8. The molecule has 1 aromatic carbocycles. The number of benzene rings is 1. The molecule has 4 nitrogen and oxygen atoms in total. The van der Waals surface area contributed by atoms with Crippen molar-refractivity contribution in [2.24, 2.45) is 11.8 Å². The topological polar surface area (TPSA) is 57.6 Å². The van der Waals surface area contributed by atoms with E-state index in [1.807, 2.05) is 0 Å². The highest BCUT2D eigenvalue weighted by molar-refractivity contribution is 7.89. The molecule has 5 heteroatoms. The van der Waals surface area contributed by atoms with Crippen molar-refractivity contribution in [2.45, 2.75) is 38.7 Å². The summed E-state index contributed by atoms with van der Waals surface area (Å²) in [6, 6.07) is 5.11. The first kappa shape index (κ1) is 15.5. The number of aliphatic hydroxyl groups excluding tert-OH is 1. The van der Waals surface area contributed by atoms with Crippen LogP contribution >= 0.6 is 0 Å². The maximum atomic E-state index is 12.8. The molecule has 1 aliphatic rings. The van der Waals surface area contributed by atoms with Crippen LogP contribution in [0.3, 0.4) is 0 Å². The summed E-state index contributed by atoms with van der Waals surface area (Å²) in [5.74, 6) is 0.768. The summed E-state index contributed by atoms with van der Waals surface area (Å²) < 4.78 is 27.2. The zero-order valence-electron chi connectivity index (χ0n) is 12.3. The van der Waals surface area contributed by atoms with Gasteiger partial charge in [0, 0.05) is 13.1 Å². The second kappa shape index (κ2) is 5.84. The Kier molecular flexibility index (Phi) is 4.52. The summed E-state index contributed by atoms with van der Waals surface area (Å²) in [6.45, 7) is 7.00. The fraction of sp³-hybridized carbons (Fsp3) is 0.600. The van der Waals surface area contributed by atoms with Crippen LogP contribution in [0.25, 0.3) is 0 Å². The first-order valence-corrected chi connectivity index (χ1v) is 8.49. The highest BCUT2D eigenvalue weighted by Gasteiger charge is 2.32. The number of hydrogen-bond donors (Lipinski definition) is 1. The van der Waals surface area contributed by atoms with Gasteiger partial charge in [0.15, 0.2) is 0 Å². The van der Waals surface area contributed by atoms with Crippen molar-refractivity contribution < 1.29 is 13.5 Å². The van der Waals surface area contributed by atoms with E-state index in [0.29, 0.717) is 35.4 Å². The lowest BCUT2D eigenvalue weighted by atomic mass is 9.94. The van der Waals surface area contributed by atoms with Gasteiger partial charge in [-0.1, -0.05) is 26.0 Å². The Morgan fingerprint density at radius 3 is 2.40 bits per heavy atom. The molecule has 112 valence electrons. The minimum absolute atomic E-state index is 0.143. The van der Waals surface area contributed by atoms with Crippen LogP contribution in [-0.4, -0.2) is 30.9 Å². The van der Waals surface area contributed by atoms with Crippen molar-refractivity contribution in [3.8, 4) is 0 Å². The van der Waals surface area contributed by atoms with E-state index in [0.717, 1.165) is 12.0 Å². The van der Waals surface area contributed by atoms with Gasteiger partial charge in [-0.25, -0.2) is 8.42 Å². The number of piperidine rings is 1. The Bertz CT molecular complexity index is 573. The van der Waals surface area contributed by atoms with Crippen LogP contribution in [0.4, 0.5) is 0 Å². The monoisotopic (exact) mass is 297 g/mol. The molecule has 0 radical (unpaired) electrons. The van der Waals surface area contributed by atoms with E-state index in [9.17, 15) is 13.5 Å². The lowest BCUT2D eigenvalue weighted by molar-refractivity contribution is 0.222. The Balaban J connectivity index is 2.39. The molecule has 0 aromatic heterocycles. The van der Waals surface area contributed by atoms with E-state index < -0.39 is 10.0 Å². The van der Waals surface area contributed by atoms with Crippen molar-refractivity contribution in [1.82, 2.24) is 4.31 Å².